The number of hydrogen-bond donors (Lipinski definition) is 1. The van der Waals surface area contributed by atoms with Crippen LogP contribution < -0.4 is 5.73 Å². The summed E-state index contributed by atoms with van der Waals surface area (Å²) in [6.45, 7) is 10.7. The van der Waals surface area contributed by atoms with E-state index in [1.165, 1.54) is 6.42 Å². The zero-order valence-electron chi connectivity index (χ0n) is 20.0. The molecule has 0 bridgehead atoms. The first-order chi connectivity index (χ1) is 15.2. The number of ether oxygens (including phenoxy) is 1. The lowest BCUT2D eigenvalue weighted by Gasteiger charge is -2.45. The van der Waals surface area contributed by atoms with E-state index in [-0.39, 0.29) is 23.8 Å². The summed E-state index contributed by atoms with van der Waals surface area (Å²) in [6.07, 6.45) is 5.77. The van der Waals surface area contributed by atoms with Crippen LogP contribution >= 0.6 is 0 Å². The van der Waals surface area contributed by atoms with E-state index in [4.69, 9.17) is 10.5 Å². The summed E-state index contributed by atoms with van der Waals surface area (Å²) in [7, 11) is 0. The Labute approximate surface area is 192 Å². The van der Waals surface area contributed by atoms with E-state index in [0.717, 1.165) is 30.5 Å². The minimum Gasteiger partial charge on any atom is -0.470 e. The molecule has 0 saturated carbocycles. The smallest absolute Gasteiger partial charge is 0.235 e. The normalized spacial score (nSPS) is 25.0. The van der Waals surface area contributed by atoms with Crippen LogP contribution in [0.4, 0.5) is 0 Å². The second-order valence-corrected chi connectivity index (χ2v) is 9.87. The molecule has 2 N–H and O–H groups in total. The van der Waals surface area contributed by atoms with Crippen molar-refractivity contribution >= 4 is 5.91 Å². The minimum absolute atomic E-state index is 0.0194. The molecule has 0 aromatic heterocycles. The molecule has 5 unspecified atom stereocenters. The van der Waals surface area contributed by atoms with Crippen molar-refractivity contribution in [3.63, 3.8) is 0 Å². The van der Waals surface area contributed by atoms with E-state index < -0.39 is 12.0 Å². The Morgan fingerprint density at radius 3 is 2.47 bits per heavy atom. The number of rotatable bonds is 8. The highest BCUT2D eigenvalue weighted by Gasteiger charge is 2.48. The van der Waals surface area contributed by atoms with Gasteiger partial charge in [0.25, 0.3) is 0 Å². The molecule has 2 heterocycles. The Kier molecular flexibility index (Phi) is 7.66. The summed E-state index contributed by atoms with van der Waals surface area (Å²) in [6, 6.07) is 12.2. The molecule has 1 aromatic rings. The second kappa shape index (κ2) is 10.3. The lowest BCUT2D eigenvalue weighted by atomic mass is 9.73. The Bertz CT molecular complexity index is 913. The molecule has 5 atom stereocenters. The number of allylic oxidation sites excluding steroid dienone is 2. The van der Waals surface area contributed by atoms with Gasteiger partial charge < -0.3 is 15.4 Å². The van der Waals surface area contributed by atoms with Crippen LogP contribution in [0.5, 0.6) is 0 Å². The first-order valence-corrected chi connectivity index (χ1v) is 11.9. The van der Waals surface area contributed by atoms with Gasteiger partial charge in [-0.15, -0.1) is 0 Å². The topological polar surface area (TPSA) is 79.3 Å². The number of benzene rings is 1. The van der Waals surface area contributed by atoms with Crippen LogP contribution in [0.2, 0.25) is 0 Å². The molecule has 0 saturated heterocycles. The van der Waals surface area contributed by atoms with Crippen molar-refractivity contribution in [1.29, 1.82) is 5.26 Å². The van der Waals surface area contributed by atoms with Crippen LogP contribution in [-0.2, 0) is 9.53 Å². The molecule has 0 spiro atoms. The highest BCUT2D eigenvalue weighted by Crippen LogP contribution is 2.43. The third kappa shape index (κ3) is 5.01. The number of amides is 1. The van der Waals surface area contributed by atoms with Gasteiger partial charge in [0.15, 0.2) is 5.88 Å². The number of fused-ring (bicyclic) bond motifs is 1. The second-order valence-electron chi connectivity index (χ2n) is 9.87. The van der Waals surface area contributed by atoms with Gasteiger partial charge in [-0.25, -0.2) is 0 Å². The van der Waals surface area contributed by atoms with Crippen LogP contribution in [0.25, 0.3) is 0 Å². The highest BCUT2D eigenvalue weighted by molar-refractivity contribution is 5.84. The molecular formula is C27H37N3O2. The molecule has 172 valence electrons. The number of nitrogens with two attached hydrogens (primary N) is 1. The summed E-state index contributed by atoms with van der Waals surface area (Å²) in [5, 5.41) is 9.87. The highest BCUT2D eigenvalue weighted by atomic mass is 16.5. The zero-order chi connectivity index (χ0) is 23.4. The Morgan fingerprint density at radius 2 is 1.84 bits per heavy atom. The molecule has 0 fully saturated rings. The third-order valence-electron chi connectivity index (χ3n) is 6.92. The summed E-state index contributed by atoms with van der Waals surface area (Å²) in [5.74, 6) is 0.615. The van der Waals surface area contributed by atoms with Gasteiger partial charge in [0.2, 0.25) is 5.91 Å². The maximum absolute atomic E-state index is 13.9. The largest absolute Gasteiger partial charge is 0.470 e. The average Bonchev–Trinajstić information content (AvgIpc) is 2.73. The monoisotopic (exact) mass is 435 g/mol. The number of carbonyl (C=O) groups excluding carboxylic acids is 1. The predicted molar refractivity (Wildman–Crippen MR) is 127 cm³/mol. The number of carbonyl (C=O) groups is 1. The standard InChI is InChI=1S/C27H37N3O2/c1-17(2)10-9-11-18(3)14-22-23(16-28)26(29)32-24-15-19(4)30(27(31)25(22)24)20(5)21-12-7-6-8-13-21/h6-8,12-13,15,17-18,20,22,24-25H,9-11,14,29H2,1-5H3. The summed E-state index contributed by atoms with van der Waals surface area (Å²) in [4.78, 5) is 15.7. The lowest BCUT2D eigenvalue weighted by Crippen LogP contribution is -2.51. The average molecular weight is 436 g/mol. The summed E-state index contributed by atoms with van der Waals surface area (Å²) >= 11 is 0. The van der Waals surface area contributed by atoms with Crippen LogP contribution in [0.15, 0.2) is 53.6 Å². The molecule has 5 nitrogen and oxygen atoms in total. The van der Waals surface area contributed by atoms with Crippen molar-refractivity contribution in [3.8, 4) is 6.07 Å². The Morgan fingerprint density at radius 1 is 1.16 bits per heavy atom. The van der Waals surface area contributed by atoms with Crippen molar-refractivity contribution in [2.45, 2.75) is 72.4 Å². The molecule has 1 amide bonds. The molecule has 0 aliphatic carbocycles. The van der Waals surface area contributed by atoms with E-state index in [9.17, 15) is 10.1 Å². The maximum Gasteiger partial charge on any atom is 0.235 e. The fraction of sp³-hybridized carbons (Fsp3) is 0.556. The lowest BCUT2D eigenvalue weighted by molar-refractivity contribution is -0.144. The molecule has 1 aromatic carbocycles. The quantitative estimate of drug-likeness (QED) is 0.570. The summed E-state index contributed by atoms with van der Waals surface area (Å²) in [5.41, 5.74) is 8.53. The van der Waals surface area contributed by atoms with Crippen molar-refractivity contribution in [3.05, 3.63) is 59.1 Å². The molecule has 5 heteroatoms. The molecule has 3 rings (SSSR count). The first-order valence-electron chi connectivity index (χ1n) is 11.9. The van der Waals surface area contributed by atoms with Crippen molar-refractivity contribution < 1.29 is 9.53 Å². The fourth-order valence-corrected chi connectivity index (χ4v) is 5.18. The molecule has 2 aliphatic rings. The molecule has 2 aliphatic heterocycles. The van der Waals surface area contributed by atoms with Crippen molar-refractivity contribution in [2.75, 3.05) is 0 Å². The van der Waals surface area contributed by atoms with Crippen molar-refractivity contribution in [1.82, 2.24) is 4.90 Å². The van der Waals surface area contributed by atoms with Gasteiger partial charge in [-0.05, 0) is 43.7 Å². The fourth-order valence-electron chi connectivity index (χ4n) is 5.18. The van der Waals surface area contributed by atoms with Gasteiger partial charge in [-0.3, -0.25) is 4.79 Å². The Hall–Kier alpha value is -2.74. The van der Waals surface area contributed by atoms with Crippen LogP contribution in [0.3, 0.4) is 0 Å². The van der Waals surface area contributed by atoms with E-state index in [2.05, 4.69) is 26.8 Å². The van der Waals surface area contributed by atoms with Crippen molar-refractivity contribution in [2.24, 2.45) is 29.4 Å². The Balaban J connectivity index is 1.89. The molecular weight excluding hydrogens is 398 g/mol. The predicted octanol–water partition coefficient (Wildman–Crippen LogP) is 5.67. The SMILES string of the molecule is CC1=CC2OC(N)=C(C#N)C(CC(C)CCCC(C)C)C2C(=O)N1C(C)c1ccccc1. The van der Waals surface area contributed by atoms with Gasteiger partial charge in [0.05, 0.1) is 17.5 Å². The molecule has 0 radical (unpaired) electrons. The van der Waals surface area contributed by atoms with E-state index >= 15 is 0 Å². The van der Waals surface area contributed by atoms with Gasteiger partial charge >= 0.3 is 0 Å². The minimum atomic E-state index is -0.431. The van der Waals surface area contributed by atoms with Gasteiger partial charge in [0, 0.05) is 11.6 Å². The van der Waals surface area contributed by atoms with Gasteiger partial charge in [0.1, 0.15) is 12.2 Å². The number of nitrogens with zero attached hydrogens (tertiary/aromatic N) is 2. The van der Waals surface area contributed by atoms with E-state index in [1.54, 1.807) is 0 Å². The number of hydrogen-bond acceptors (Lipinski definition) is 4. The third-order valence-corrected chi connectivity index (χ3v) is 6.92. The zero-order valence-corrected chi connectivity index (χ0v) is 20.0. The summed E-state index contributed by atoms with van der Waals surface area (Å²) < 4.78 is 5.90. The number of nitriles is 1. The molecule has 32 heavy (non-hydrogen) atoms. The van der Waals surface area contributed by atoms with Gasteiger partial charge in [-0.2, -0.15) is 5.26 Å². The van der Waals surface area contributed by atoms with Crippen LogP contribution in [0.1, 0.15) is 71.9 Å². The maximum atomic E-state index is 13.9. The van der Waals surface area contributed by atoms with Crippen LogP contribution in [-0.4, -0.2) is 16.9 Å². The van der Waals surface area contributed by atoms with E-state index in [0.29, 0.717) is 17.4 Å². The first kappa shape index (κ1) is 23.9. The van der Waals surface area contributed by atoms with E-state index in [1.807, 2.05) is 55.2 Å². The van der Waals surface area contributed by atoms with Gasteiger partial charge in [-0.1, -0.05) is 70.4 Å². The van der Waals surface area contributed by atoms with Crippen LogP contribution in [0, 0.1) is 35.0 Å².